The molecule has 2 fully saturated rings. The maximum Gasteiger partial charge on any atom is 0.416 e. The van der Waals surface area contributed by atoms with Gasteiger partial charge in [-0.2, -0.15) is 13.2 Å². The van der Waals surface area contributed by atoms with E-state index in [4.69, 9.17) is 4.74 Å². The molecule has 0 radical (unpaired) electrons. The van der Waals surface area contributed by atoms with Crippen molar-refractivity contribution in [2.45, 2.75) is 45.8 Å². The smallest absolute Gasteiger partial charge is 0.416 e. The maximum atomic E-state index is 14.0. The van der Waals surface area contributed by atoms with E-state index in [1.54, 1.807) is 30.6 Å². The highest BCUT2D eigenvalue weighted by Gasteiger charge is 2.32. The fraction of sp³-hybridized carbons (Fsp3) is 0.364. The molecule has 13 heteroatoms. The first-order valence-corrected chi connectivity index (χ1v) is 19.3. The molecule has 0 N–H and O–H groups in total. The topological polar surface area (TPSA) is 82.1 Å². The highest BCUT2D eigenvalue weighted by Crippen LogP contribution is 2.33. The first-order valence-electron chi connectivity index (χ1n) is 19.3. The molecule has 300 valence electrons. The van der Waals surface area contributed by atoms with Crippen LogP contribution in [0.4, 0.5) is 34.9 Å². The summed E-state index contributed by atoms with van der Waals surface area (Å²) in [5, 5.41) is 2.30. The minimum atomic E-state index is -4.38. The number of fused-ring (bicyclic) bond motifs is 1. The largest absolute Gasteiger partial charge is 0.493 e. The summed E-state index contributed by atoms with van der Waals surface area (Å²) in [5.74, 6) is 0.761. The Bertz CT molecular complexity index is 2140. The Morgan fingerprint density at radius 1 is 0.860 bits per heavy atom. The van der Waals surface area contributed by atoms with Gasteiger partial charge in [-0.3, -0.25) is 9.59 Å². The molecule has 1 amide bonds. The van der Waals surface area contributed by atoms with E-state index >= 15 is 0 Å². The van der Waals surface area contributed by atoms with E-state index in [0.29, 0.717) is 63.2 Å². The van der Waals surface area contributed by atoms with Crippen LogP contribution >= 0.6 is 0 Å². The van der Waals surface area contributed by atoms with Crippen LogP contribution in [0.25, 0.3) is 10.8 Å². The summed E-state index contributed by atoms with van der Waals surface area (Å²) in [6.07, 6.45) is 1.91. The van der Waals surface area contributed by atoms with Crippen LogP contribution in [0.2, 0.25) is 0 Å². The fourth-order valence-corrected chi connectivity index (χ4v) is 7.48. The van der Waals surface area contributed by atoms with Gasteiger partial charge in [0, 0.05) is 76.5 Å². The molecule has 1 atom stereocenters. The van der Waals surface area contributed by atoms with E-state index in [1.807, 2.05) is 46.0 Å². The molecule has 2 aliphatic rings. The molecular weight excluding hydrogens is 737 g/mol. The van der Waals surface area contributed by atoms with Gasteiger partial charge in [-0.25, -0.2) is 14.4 Å². The monoisotopic (exact) mass is 784 g/mol. The second-order valence-corrected chi connectivity index (χ2v) is 14.4. The molecule has 2 aliphatic heterocycles. The summed E-state index contributed by atoms with van der Waals surface area (Å²) >= 11 is 0. The van der Waals surface area contributed by atoms with Crippen molar-refractivity contribution < 1.29 is 31.9 Å². The second-order valence-electron chi connectivity index (χ2n) is 14.4. The average Bonchev–Trinajstić information content (AvgIpc) is 3.23. The van der Waals surface area contributed by atoms with Gasteiger partial charge < -0.3 is 24.3 Å². The Kier molecular flexibility index (Phi) is 13.3. The van der Waals surface area contributed by atoms with Crippen molar-refractivity contribution in [2.24, 2.45) is 5.92 Å². The quantitative estimate of drug-likeness (QED) is 0.103. The Hall–Kier alpha value is -5.72. The van der Waals surface area contributed by atoms with Crippen LogP contribution in [0, 0.1) is 11.7 Å². The lowest BCUT2D eigenvalue weighted by molar-refractivity contribution is -0.137. The number of amides is 1. The van der Waals surface area contributed by atoms with Crippen molar-refractivity contribution in [3.63, 3.8) is 0 Å². The molecule has 3 heterocycles. The van der Waals surface area contributed by atoms with E-state index in [1.165, 1.54) is 19.1 Å². The third-order valence-corrected chi connectivity index (χ3v) is 10.3. The molecule has 9 nitrogen and oxygen atoms in total. The number of hydrogen-bond donors (Lipinski definition) is 0. The number of carbonyl (C=O) groups excluding carboxylic acids is 2. The predicted molar refractivity (Wildman–Crippen MR) is 215 cm³/mol. The van der Waals surface area contributed by atoms with Crippen LogP contribution in [0.5, 0.6) is 5.75 Å². The summed E-state index contributed by atoms with van der Waals surface area (Å²) in [5.41, 5.74) is 1.48. The van der Waals surface area contributed by atoms with Crippen LogP contribution < -0.4 is 19.4 Å². The Morgan fingerprint density at radius 2 is 1.58 bits per heavy atom. The third-order valence-electron chi connectivity index (χ3n) is 10.3. The number of piperazine rings is 1. The number of aromatic nitrogens is 2. The minimum Gasteiger partial charge on any atom is -0.493 e. The number of ether oxygens (including phenoxy) is 1. The molecular formula is C44H48F4N6O3. The highest BCUT2D eigenvalue weighted by atomic mass is 19.4. The van der Waals surface area contributed by atoms with E-state index < -0.39 is 17.6 Å². The van der Waals surface area contributed by atoms with Gasteiger partial charge in [0.25, 0.3) is 0 Å². The van der Waals surface area contributed by atoms with Crippen LogP contribution in [-0.4, -0.2) is 79.5 Å². The number of carbonyl (C=O) groups is 2. The highest BCUT2D eigenvalue weighted by molar-refractivity contribution is 6.00. The number of piperidine rings is 1. The van der Waals surface area contributed by atoms with Crippen molar-refractivity contribution in [1.29, 1.82) is 0 Å². The summed E-state index contributed by atoms with van der Waals surface area (Å²) in [6, 6.07) is 23.9. The zero-order valence-corrected chi connectivity index (χ0v) is 32.5. The average molecular weight is 785 g/mol. The Balaban J connectivity index is 0.000000196. The van der Waals surface area contributed by atoms with Crippen molar-refractivity contribution in [3.05, 3.63) is 120 Å². The number of Topliss-reactive ketones (excluding diaryl/α,β-unsaturated/α-hetero) is 1. The molecule has 5 aromatic rings. The van der Waals surface area contributed by atoms with Crippen molar-refractivity contribution in [2.75, 3.05) is 67.6 Å². The number of alkyl halides is 3. The Labute approximate surface area is 330 Å². The van der Waals surface area contributed by atoms with Gasteiger partial charge in [-0.1, -0.05) is 49.4 Å². The van der Waals surface area contributed by atoms with Gasteiger partial charge in [0.05, 0.1) is 29.3 Å². The van der Waals surface area contributed by atoms with Gasteiger partial charge in [0.15, 0.2) is 5.78 Å². The molecule has 1 unspecified atom stereocenters. The maximum absolute atomic E-state index is 14.0. The first-order chi connectivity index (χ1) is 27.4. The molecule has 4 aromatic carbocycles. The van der Waals surface area contributed by atoms with Crippen molar-refractivity contribution in [3.8, 4) is 5.75 Å². The number of ketones is 1. The van der Waals surface area contributed by atoms with Crippen LogP contribution in [-0.2, 0) is 17.5 Å². The predicted octanol–water partition coefficient (Wildman–Crippen LogP) is 8.67. The summed E-state index contributed by atoms with van der Waals surface area (Å²) < 4.78 is 58.7. The zero-order valence-electron chi connectivity index (χ0n) is 32.5. The van der Waals surface area contributed by atoms with Crippen molar-refractivity contribution in [1.82, 2.24) is 14.9 Å². The van der Waals surface area contributed by atoms with Crippen LogP contribution in [0.15, 0.2) is 97.3 Å². The number of nitrogens with zero attached hydrogens (tertiary/aromatic N) is 6. The molecule has 7 rings (SSSR count). The van der Waals surface area contributed by atoms with Gasteiger partial charge in [0.2, 0.25) is 11.9 Å². The number of anilines is 3. The van der Waals surface area contributed by atoms with E-state index in [9.17, 15) is 27.2 Å². The van der Waals surface area contributed by atoms with Gasteiger partial charge in [0.1, 0.15) is 11.6 Å². The van der Waals surface area contributed by atoms with Crippen LogP contribution in [0.1, 0.15) is 54.6 Å². The molecule has 2 saturated heterocycles. The summed E-state index contributed by atoms with van der Waals surface area (Å²) in [6.45, 7) is 8.08. The standard InChI is InChI=1S/C25H30N4O2.C19H18F4N2O/c1-3-16-31-23-12-11-19-8-4-5-10-21(19)22(23)18-28(2)24(30)20-9-6-15-29(17-20)25-26-13-7-14-27-25;1-13(26)18-16(20)6-3-7-17(18)25-10-8-24(9-11-25)15-5-2-4-14(12-15)19(21,22)23/h4-5,7-8,10-14,20H,3,6,9,15-18H2,1-2H3;2-7,12H,8-11H2,1H3. The van der Waals surface area contributed by atoms with Gasteiger partial charge in [-0.05, 0) is 79.4 Å². The fourth-order valence-electron chi connectivity index (χ4n) is 7.48. The van der Waals surface area contributed by atoms with Gasteiger partial charge in [-0.15, -0.1) is 0 Å². The first kappa shape index (κ1) is 40.9. The number of hydrogen-bond acceptors (Lipinski definition) is 8. The molecule has 0 aliphatic carbocycles. The Morgan fingerprint density at radius 3 is 2.30 bits per heavy atom. The lowest BCUT2D eigenvalue weighted by Crippen LogP contribution is -2.47. The number of halogens is 4. The molecule has 0 bridgehead atoms. The van der Waals surface area contributed by atoms with Gasteiger partial charge >= 0.3 is 6.18 Å². The minimum absolute atomic E-state index is 0.0556. The number of benzene rings is 4. The summed E-state index contributed by atoms with van der Waals surface area (Å²) in [7, 11) is 1.89. The molecule has 0 spiro atoms. The van der Waals surface area contributed by atoms with E-state index in [0.717, 1.165) is 60.0 Å². The SMILES string of the molecule is CC(=O)c1c(F)cccc1N1CCN(c2cccc(C(F)(F)F)c2)CC1.CCCOc1ccc2ccccc2c1CN(C)C(=O)C1CCCN(c2ncccn2)C1. The molecule has 57 heavy (non-hydrogen) atoms. The number of rotatable bonds is 10. The molecule has 0 saturated carbocycles. The van der Waals surface area contributed by atoms with E-state index in [2.05, 4.69) is 40.0 Å². The lowest BCUT2D eigenvalue weighted by Gasteiger charge is -2.38. The van der Waals surface area contributed by atoms with Crippen molar-refractivity contribution >= 4 is 39.8 Å². The van der Waals surface area contributed by atoms with Crippen LogP contribution in [0.3, 0.4) is 0 Å². The van der Waals surface area contributed by atoms with E-state index in [-0.39, 0.29) is 23.2 Å². The summed E-state index contributed by atoms with van der Waals surface area (Å²) in [4.78, 5) is 41.6. The normalized spacial score (nSPS) is 15.8. The third kappa shape index (κ3) is 10.00. The molecule has 1 aromatic heterocycles. The lowest BCUT2D eigenvalue weighted by atomic mass is 9.96. The second kappa shape index (κ2) is 18.5. The zero-order chi connectivity index (χ0) is 40.5.